The standard InChI is InChI=1S/C19H14N2/c20-17-9-3-2-7-15(17)14-8-5-11-19-16(14)12-13-6-1-4-10-18(13)21-19/h1-12H,20H2. The summed E-state index contributed by atoms with van der Waals surface area (Å²) in [6.45, 7) is 0. The minimum atomic E-state index is 0.790. The first-order valence-electron chi connectivity index (χ1n) is 6.96. The largest absolute Gasteiger partial charge is 0.398 e. The first-order valence-corrected chi connectivity index (χ1v) is 6.96. The van der Waals surface area contributed by atoms with E-state index in [9.17, 15) is 0 Å². The molecule has 4 rings (SSSR count). The Bertz CT molecular complexity index is 958. The SMILES string of the molecule is Nc1ccccc1-c1cccc2nc3ccccc3cc12. The van der Waals surface area contributed by atoms with Crippen LogP contribution < -0.4 is 5.73 Å². The van der Waals surface area contributed by atoms with Crippen LogP contribution in [0.25, 0.3) is 32.9 Å². The van der Waals surface area contributed by atoms with E-state index in [4.69, 9.17) is 10.7 Å². The molecule has 2 heteroatoms. The van der Waals surface area contributed by atoms with Crippen LogP contribution in [0, 0.1) is 0 Å². The van der Waals surface area contributed by atoms with Gasteiger partial charge in [-0.05, 0) is 29.8 Å². The zero-order valence-corrected chi connectivity index (χ0v) is 11.5. The lowest BCUT2D eigenvalue weighted by atomic mass is 9.98. The highest BCUT2D eigenvalue weighted by atomic mass is 14.7. The van der Waals surface area contributed by atoms with E-state index in [-0.39, 0.29) is 0 Å². The van der Waals surface area contributed by atoms with Crippen molar-refractivity contribution in [2.24, 2.45) is 0 Å². The maximum Gasteiger partial charge on any atom is 0.0715 e. The van der Waals surface area contributed by atoms with Crippen LogP contribution in [0.2, 0.25) is 0 Å². The molecule has 2 nitrogen and oxygen atoms in total. The molecule has 0 atom stereocenters. The molecule has 2 N–H and O–H groups in total. The lowest BCUT2D eigenvalue weighted by molar-refractivity contribution is 1.49. The van der Waals surface area contributed by atoms with Crippen LogP contribution in [-0.2, 0) is 0 Å². The Hall–Kier alpha value is -2.87. The van der Waals surface area contributed by atoms with Crippen LogP contribution in [0.4, 0.5) is 5.69 Å². The highest BCUT2D eigenvalue weighted by Gasteiger charge is 2.08. The van der Waals surface area contributed by atoms with Gasteiger partial charge in [-0.1, -0.05) is 48.5 Å². The van der Waals surface area contributed by atoms with Gasteiger partial charge in [0.15, 0.2) is 0 Å². The number of fused-ring (bicyclic) bond motifs is 2. The third-order valence-corrected chi connectivity index (χ3v) is 3.81. The number of nitrogens with zero attached hydrogens (tertiary/aromatic N) is 1. The van der Waals surface area contributed by atoms with Crippen LogP contribution in [0.15, 0.2) is 72.8 Å². The van der Waals surface area contributed by atoms with E-state index in [0.29, 0.717) is 0 Å². The van der Waals surface area contributed by atoms with Crippen molar-refractivity contribution < 1.29 is 0 Å². The molecule has 1 aromatic heterocycles. The van der Waals surface area contributed by atoms with Gasteiger partial charge < -0.3 is 5.73 Å². The van der Waals surface area contributed by atoms with Gasteiger partial charge in [0.05, 0.1) is 11.0 Å². The quantitative estimate of drug-likeness (QED) is 0.404. The Labute approximate surface area is 122 Å². The number of pyridine rings is 1. The van der Waals surface area contributed by atoms with Gasteiger partial charge in [-0.15, -0.1) is 0 Å². The number of para-hydroxylation sites is 2. The zero-order chi connectivity index (χ0) is 14.2. The molecule has 0 spiro atoms. The molecule has 0 bridgehead atoms. The zero-order valence-electron chi connectivity index (χ0n) is 11.5. The third-order valence-electron chi connectivity index (χ3n) is 3.81. The van der Waals surface area contributed by atoms with E-state index in [1.807, 2.05) is 48.5 Å². The van der Waals surface area contributed by atoms with Gasteiger partial charge in [-0.3, -0.25) is 0 Å². The lowest BCUT2D eigenvalue weighted by Gasteiger charge is -2.10. The molecule has 0 amide bonds. The van der Waals surface area contributed by atoms with Crippen LogP contribution in [-0.4, -0.2) is 4.98 Å². The molecular weight excluding hydrogens is 256 g/mol. The Morgan fingerprint density at radius 2 is 1.38 bits per heavy atom. The molecule has 4 aromatic rings. The monoisotopic (exact) mass is 270 g/mol. The summed E-state index contributed by atoms with van der Waals surface area (Å²) in [4.78, 5) is 4.75. The number of nitrogen functional groups attached to an aromatic ring is 1. The van der Waals surface area contributed by atoms with Crippen LogP contribution in [0.3, 0.4) is 0 Å². The summed E-state index contributed by atoms with van der Waals surface area (Å²) in [6.07, 6.45) is 0. The van der Waals surface area contributed by atoms with Crippen molar-refractivity contribution >= 4 is 27.5 Å². The summed E-state index contributed by atoms with van der Waals surface area (Å²) in [6, 6.07) is 24.5. The van der Waals surface area contributed by atoms with Crippen molar-refractivity contribution in [1.82, 2.24) is 4.98 Å². The number of hydrogen-bond acceptors (Lipinski definition) is 2. The lowest BCUT2D eigenvalue weighted by Crippen LogP contribution is -1.91. The second kappa shape index (κ2) is 4.60. The first kappa shape index (κ1) is 11.9. The van der Waals surface area contributed by atoms with E-state index >= 15 is 0 Å². The van der Waals surface area contributed by atoms with Gasteiger partial charge in [-0.2, -0.15) is 0 Å². The van der Waals surface area contributed by atoms with E-state index < -0.39 is 0 Å². The molecule has 1 heterocycles. The summed E-state index contributed by atoms with van der Waals surface area (Å²) in [5, 5.41) is 2.28. The minimum absolute atomic E-state index is 0.790. The van der Waals surface area contributed by atoms with E-state index in [2.05, 4.69) is 24.3 Å². The van der Waals surface area contributed by atoms with Crippen molar-refractivity contribution in [3.63, 3.8) is 0 Å². The average Bonchev–Trinajstić information content (AvgIpc) is 2.53. The molecule has 0 fully saturated rings. The molecule has 0 saturated heterocycles. The summed E-state index contributed by atoms with van der Waals surface area (Å²) in [5.41, 5.74) is 11.1. The molecule has 100 valence electrons. The van der Waals surface area contributed by atoms with E-state index in [1.54, 1.807) is 0 Å². The molecule has 0 aliphatic rings. The van der Waals surface area contributed by atoms with Crippen molar-refractivity contribution in [3.8, 4) is 11.1 Å². The highest BCUT2D eigenvalue weighted by molar-refractivity contribution is 6.02. The predicted molar refractivity (Wildman–Crippen MR) is 89.1 cm³/mol. The molecule has 0 saturated carbocycles. The maximum atomic E-state index is 6.14. The van der Waals surface area contributed by atoms with Crippen LogP contribution in [0.5, 0.6) is 0 Å². The summed E-state index contributed by atoms with van der Waals surface area (Å²) >= 11 is 0. The highest BCUT2D eigenvalue weighted by Crippen LogP contribution is 2.33. The Kier molecular flexibility index (Phi) is 2.61. The summed E-state index contributed by atoms with van der Waals surface area (Å²) in [7, 11) is 0. The number of anilines is 1. The molecule has 0 radical (unpaired) electrons. The molecule has 0 aliphatic heterocycles. The van der Waals surface area contributed by atoms with Crippen molar-refractivity contribution in [2.75, 3.05) is 5.73 Å². The van der Waals surface area contributed by atoms with Crippen molar-refractivity contribution in [3.05, 3.63) is 72.8 Å². The fourth-order valence-electron chi connectivity index (χ4n) is 2.78. The second-order valence-electron chi connectivity index (χ2n) is 5.14. The Morgan fingerprint density at radius 1 is 0.667 bits per heavy atom. The molecular formula is C19H14N2. The van der Waals surface area contributed by atoms with Gasteiger partial charge in [0.2, 0.25) is 0 Å². The van der Waals surface area contributed by atoms with E-state index in [0.717, 1.165) is 38.6 Å². The predicted octanol–water partition coefficient (Wildman–Crippen LogP) is 4.64. The number of rotatable bonds is 1. The Morgan fingerprint density at radius 3 is 2.29 bits per heavy atom. The fraction of sp³-hybridized carbons (Fsp3) is 0. The number of hydrogen-bond donors (Lipinski definition) is 1. The molecule has 3 aromatic carbocycles. The number of nitrogens with two attached hydrogens (primary N) is 1. The van der Waals surface area contributed by atoms with Gasteiger partial charge in [0.1, 0.15) is 0 Å². The first-order chi connectivity index (χ1) is 10.3. The van der Waals surface area contributed by atoms with Crippen molar-refractivity contribution in [2.45, 2.75) is 0 Å². The Balaban J connectivity index is 2.10. The summed E-state index contributed by atoms with van der Waals surface area (Å²) in [5.74, 6) is 0. The molecule has 21 heavy (non-hydrogen) atoms. The average molecular weight is 270 g/mol. The normalized spacial score (nSPS) is 11.0. The van der Waals surface area contributed by atoms with Gasteiger partial charge in [0, 0.05) is 22.0 Å². The van der Waals surface area contributed by atoms with Gasteiger partial charge >= 0.3 is 0 Å². The van der Waals surface area contributed by atoms with Gasteiger partial charge in [-0.25, -0.2) is 4.98 Å². The number of benzene rings is 3. The minimum Gasteiger partial charge on any atom is -0.398 e. The van der Waals surface area contributed by atoms with E-state index in [1.165, 1.54) is 0 Å². The topological polar surface area (TPSA) is 38.9 Å². The van der Waals surface area contributed by atoms with Gasteiger partial charge in [0.25, 0.3) is 0 Å². The second-order valence-corrected chi connectivity index (χ2v) is 5.14. The molecule has 0 unspecified atom stereocenters. The van der Waals surface area contributed by atoms with Crippen LogP contribution >= 0.6 is 0 Å². The third kappa shape index (κ3) is 1.93. The smallest absolute Gasteiger partial charge is 0.0715 e. The van der Waals surface area contributed by atoms with Crippen LogP contribution in [0.1, 0.15) is 0 Å². The summed E-state index contributed by atoms with van der Waals surface area (Å²) < 4.78 is 0. The van der Waals surface area contributed by atoms with Crippen molar-refractivity contribution in [1.29, 1.82) is 0 Å². The fourth-order valence-corrected chi connectivity index (χ4v) is 2.78. The molecule has 0 aliphatic carbocycles. The number of aromatic nitrogens is 1. The maximum absolute atomic E-state index is 6.14.